The molecule has 24 heavy (non-hydrogen) atoms. The first-order valence-corrected chi connectivity index (χ1v) is 8.46. The molecule has 4 rings (SSSR count). The Morgan fingerprint density at radius 3 is 2.62 bits per heavy atom. The minimum absolute atomic E-state index is 0.0125. The summed E-state index contributed by atoms with van der Waals surface area (Å²) in [5.41, 5.74) is 2.53. The number of rotatable bonds is 3. The van der Waals surface area contributed by atoms with Crippen molar-refractivity contribution >= 4 is 27.5 Å². The first-order valence-electron chi connectivity index (χ1n) is 7.67. The van der Waals surface area contributed by atoms with Crippen LogP contribution in [0.1, 0.15) is 27.8 Å². The van der Waals surface area contributed by atoms with Crippen molar-refractivity contribution in [3.8, 4) is 0 Å². The van der Waals surface area contributed by atoms with Gasteiger partial charge in [-0.15, -0.1) is 0 Å². The Morgan fingerprint density at radius 1 is 1.04 bits per heavy atom. The molecule has 1 atom stereocenters. The van der Waals surface area contributed by atoms with Gasteiger partial charge in [-0.25, -0.2) is 0 Å². The highest BCUT2D eigenvalue weighted by Gasteiger charge is 2.34. The number of para-hydroxylation sites is 1. The number of nitrogens with one attached hydrogen (secondary N) is 1. The highest BCUT2D eigenvalue weighted by Crippen LogP contribution is 2.36. The Morgan fingerprint density at radius 2 is 1.83 bits per heavy atom. The van der Waals surface area contributed by atoms with Gasteiger partial charge in [0.05, 0.1) is 18.4 Å². The second kappa shape index (κ2) is 6.17. The van der Waals surface area contributed by atoms with Gasteiger partial charge in [0, 0.05) is 15.7 Å². The number of nitrogens with zero attached hydrogens (tertiary/aromatic N) is 1. The standard InChI is InChI=1S/C19H15BrN2O2/c20-16-9-3-1-7-14(16)18-21-17-10-4-2-8-15(17)19(23)22(18)12-13-6-5-11-24-13/h1-11,18,21H,12H2. The van der Waals surface area contributed by atoms with Crippen molar-refractivity contribution in [2.24, 2.45) is 0 Å². The molecule has 1 aliphatic heterocycles. The van der Waals surface area contributed by atoms with Crippen molar-refractivity contribution in [3.63, 3.8) is 0 Å². The predicted molar refractivity (Wildman–Crippen MR) is 95.5 cm³/mol. The molecular weight excluding hydrogens is 368 g/mol. The topological polar surface area (TPSA) is 45.5 Å². The third kappa shape index (κ3) is 2.61. The fourth-order valence-corrected chi connectivity index (χ4v) is 3.47. The van der Waals surface area contributed by atoms with Crippen LogP contribution in [-0.2, 0) is 6.54 Å². The first-order chi connectivity index (χ1) is 11.7. The molecule has 0 radical (unpaired) electrons. The van der Waals surface area contributed by atoms with E-state index in [1.165, 1.54) is 0 Å². The van der Waals surface area contributed by atoms with Gasteiger partial charge in [0.15, 0.2) is 0 Å². The number of benzene rings is 2. The second-order valence-corrected chi connectivity index (χ2v) is 6.48. The summed E-state index contributed by atoms with van der Waals surface area (Å²) >= 11 is 3.60. The monoisotopic (exact) mass is 382 g/mol. The van der Waals surface area contributed by atoms with E-state index < -0.39 is 0 Å². The van der Waals surface area contributed by atoms with E-state index in [2.05, 4.69) is 21.2 Å². The molecule has 0 bridgehead atoms. The van der Waals surface area contributed by atoms with Crippen LogP contribution >= 0.6 is 15.9 Å². The molecule has 0 fully saturated rings. The van der Waals surface area contributed by atoms with Gasteiger partial charge in [0.2, 0.25) is 0 Å². The van der Waals surface area contributed by atoms with Gasteiger partial charge in [-0.2, -0.15) is 0 Å². The zero-order valence-corrected chi connectivity index (χ0v) is 14.4. The molecule has 1 amide bonds. The van der Waals surface area contributed by atoms with Gasteiger partial charge in [-0.05, 0) is 30.3 Å². The fourth-order valence-electron chi connectivity index (χ4n) is 2.97. The van der Waals surface area contributed by atoms with Crippen LogP contribution in [0.25, 0.3) is 0 Å². The Hall–Kier alpha value is -2.53. The molecule has 0 saturated carbocycles. The molecule has 1 N–H and O–H groups in total. The minimum Gasteiger partial charge on any atom is -0.467 e. The third-order valence-corrected chi connectivity index (χ3v) is 4.85. The van der Waals surface area contributed by atoms with Crippen molar-refractivity contribution in [2.45, 2.75) is 12.7 Å². The maximum atomic E-state index is 13.1. The van der Waals surface area contributed by atoms with Crippen LogP contribution in [0.4, 0.5) is 5.69 Å². The van der Waals surface area contributed by atoms with Gasteiger partial charge in [0.25, 0.3) is 5.91 Å². The molecule has 3 aromatic rings. The summed E-state index contributed by atoms with van der Waals surface area (Å²) in [6, 6.07) is 19.2. The van der Waals surface area contributed by atoms with Crippen molar-refractivity contribution < 1.29 is 9.21 Å². The number of hydrogen-bond donors (Lipinski definition) is 1. The number of carbonyl (C=O) groups excluding carboxylic acids is 1. The van der Waals surface area contributed by atoms with E-state index >= 15 is 0 Å². The maximum Gasteiger partial charge on any atom is 0.258 e. The average Bonchev–Trinajstić information content (AvgIpc) is 3.11. The number of furan rings is 1. The fraction of sp³-hybridized carbons (Fsp3) is 0.105. The summed E-state index contributed by atoms with van der Waals surface area (Å²) in [7, 11) is 0. The molecule has 1 aliphatic rings. The Balaban J connectivity index is 1.79. The zero-order chi connectivity index (χ0) is 16.5. The summed E-state index contributed by atoms with van der Waals surface area (Å²) in [4.78, 5) is 14.9. The van der Waals surface area contributed by atoms with Crippen molar-refractivity contribution in [2.75, 3.05) is 5.32 Å². The number of halogens is 1. The van der Waals surface area contributed by atoms with Gasteiger partial charge >= 0.3 is 0 Å². The molecular formula is C19H15BrN2O2. The minimum atomic E-state index is -0.270. The van der Waals surface area contributed by atoms with Gasteiger partial charge in [0.1, 0.15) is 11.9 Å². The van der Waals surface area contributed by atoms with Crippen LogP contribution in [-0.4, -0.2) is 10.8 Å². The summed E-state index contributed by atoms with van der Waals surface area (Å²) in [5, 5.41) is 3.48. The Bertz CT molecular complexity index is 877. The van der Waals surface area contributed by atoms with Gasteiger partial charge in [-0.1, -0.05) is 46.3 Å². The molecule has 2 heterocycles. The first kappa shape index (κ1) is 15.0. The van der Waals surface area contributed by atoms with Crippen molar-refractivity contribution in [1.29, 1.82) is 0 Å². The number of amides is 1. The van der Waals surface area contributed by atoms with E-state index in [1.54, 1.807) is 11.2 Å². The predicted octanol–water partition coefficient (Wildman–Crippen LogP) is 4.81. The summed E-state index contributed by atoms with van der Waals surface area (Å²) in [6.07, 6.45) is 1.35. The smallest absolute Gasteiger partial charge is 0.258 e. The van der Waals surface area contributed by atoms with Crippen molar-refractivity contribution in [3.05, 3.63) is 88.3 Å². The van der Waals surface area contributed by atoms with Gasteiger partial charge < -0.3 is 14.6 Å². The maximum absolute atomic E-state index is 13.1. The summed E-state index contributed by atoms with van der Waals surface area (Å²) in [6.45, 7) is 0.402. The molecule has 0 saturated heterocycles. The number of carbonyl (C=O) groups is 1. The van der Waals surface area contributed by atoms with E-state index in [0.29, 0.717) is 12.1 Å². The van der Waals surface area contributed by atoms with E-state index in [0.717, 1.165) is 21.5 Å². The van der Waals surface area contributed by atoms with E-state index in [1.807, 2.05) is 60.7 Å². The second-order valence-electron chi connectivity index (χ2n) is 5.63. The lowest BCUT2D eigenvalue weighted by Crippen LogP contribution is -2.42. The van der Waals surface area contributed by atoms with Crippen molar-refractivity contribution in [1.82, 2.24) is 4.90 Å². The lowest BCUT2D eigenvalue weighted by atomic mass is 10.0. The van der Waals surface area contributed by atoms with Crippen LogP contribution in [0.15, 0.2) is 75.8 Å². The Labute approximate surface area is 148 Å². The molecule has 4 nitrogen and oxygen atoms in total. The lowest BCUT2D eigenvalue weighted by Gasteiger charge is -2.38. The molecule has 0 aliphatic carbocycles. The molecule has 5 heteroatoms. The van der Waals surface area contributed by atoms with E-state index in [9.17, 15) is 4.79 Å². The number of hydrogen-bond acceptors (Lipinski definition) is 3. The molecule has 1 aromatic heterocycles. The van der Waals surface area contributed by atoms with Crippen LogP contribution < -0.4 is 5.32 Å². The van der Waals surface area contributed by atoms with E-state index in [4.69, 9.17) is 4.42 Å². The van der Waals surface area contributed by atoms with Crippen LogP contribution in [0.5, 0.6) is 0 Å². The SMILES string of the molecule is O=C1c2ccccc2NC(c2ccccc2Br)N1Cc1ccco1. The van der Waals surface area contributed by atoms with E-state index in [-0.39, 0.29) is 12.1 Å². The number of anilines is 1. The lowest BCUT2D eigenvalue weighted by molar-refractivity contribution is 0.0651. The molecule has 120 valence electrons. The summed E-state index contributed by atoms with van der Waals surface area (Å²) in [5.74, 6) is 0.739. The van der Waals surface area contributed by atoms with Crippen LogP contribution in [0.2, 0.25) is 0 Å². The highest BCUT2D eigenvalue weighted by atomic mass is 79.9. The zero-order valence-electron chi connectivity index (χ0n) is 12.8. The van der Waals surface area contributed by atoms with Gasteiger partial charge in [-0.3, -0.25) is 4.79 Å². The number of fused-ring (bicyclic) bond motifs is 1. The Kier molecular flexibility index (Phi) is 3.86. The third-order valence-electron chi connectivity index (χ3n) is 4.13. The average molecular weight is 383 g/mol. The molecule has 1 unspecified atom stereocenters. The van der Waals surface area contributed by atoms with Crippen LogP contribution in [0, 0.1) is 0 Å². The van der Waals surface area contributed by atoms with Crippen LogP contribution in [0.3, 0.4) is 0 Å². The normalized spacial score (nSPS) is 16.6. The molecule has 0 spiro atoms. The quantitative estimate of drug-likeness (QED) is 0.706. The largest absolute Gasteiger partial charge is 0.467 e. The highest BCUT2D eigenvalue weighted by molar-refractivity contribution is 9.10. The summed E-state index contributed by atoms with van der Waals surface area (Å²) < 4.78 is 6.41. The molecule has 2 aromatic carbocycles.